The van der Waals surface area contributed by atoms with Crippen LogP contribution in [0.1, 0.15) is 11.1 Å². The number of rotatable bonds is 3. The lowest BCUT2D eigenvalue weighted by Crippen LogP contribution is -1.76. The maximum Gasteiger partial charge on any atom is 0.142 e. The Morgan fingerprint density at radius 2 is 1.56 bits per heavy atom. The standard InChI is InChI=1S/C12H10.C3H5NO.C3H3N.C3H4O/c1-3-9-4-2-6-11-8-7-10(5-1)12(9)11;1-2-3-4-5;2*1-2-3-4/h1-6H,7-8H2;2H,1,3H2;2H,1H2;2-3H,1H2. The molecule has 4 nitrogen and oxygen atoms in total. The number of aryl methyl sites for hydroxylation is 2. The van der Waals surface area contributed by atoms with Crippen LogP contribution in [-0.2, 0) is 17.6 Å². The van der Waals surface area contributed by atoms with Crippen LogP contribution in [0.4, 0.5) is 0 Å². The van der Waals surface area contributed by atoms with Crippen LogP contribution < -0.4 is 0 Å². The Kier molecular flexibility index (Phi) is 12.4. The lowest BCUT2D eigenvalue weighted by Gasteiger charge is -1.99. The van der Waals surface area contributed by atoms with Crippen LogP contribution in [0.25, 0.3) is 10.8 Å². The zero-order chi connectivity index (χ0) is 18.9. The number of carbonyl (C=O) groups excluding carboxylic acids is 1. The summed E-state index contributed by atoms with van der Waals surface area (Å²) in [5, 5.41) is 12.9. The molecule has 2 aromatic rings. The van der Waals surface area contributed by atoms with E-state index in [1.165, 1.54) is 53.0 Å². The van der Waals surface area contributed by atoms with Gasteiger partial charge in [0.15, 0.2) is 0 Å². The molecule has 2 aromatic carbocycles. The predicted octanol–water partition coefficient (Wildman–Crippen LogP) is 4.94. The summed E-state index contributed by atoms with van der Waals surface area (Å²) >= 11 is 0. The predicted molar refractivity (Wildman–Crippen MR) is 104 cm³/mol. The second kappa shape index (κ2) is 14.3. The van der Waals surface area contributed by atoms with Crippen LogP contribution in [0.3, 0.4) is 0 Å². The molecule has 0 unspecified atom stereocenters. The molecule has 3 rings (SSSR count). The first kappa shape index (κ1) is 21.7. The lowest BCUT2D eigenvalue weighted by atomic mass is 10.1. The van der Waals surface area contributed by atoms with E-state index in [0.717, 1.165) is 0 Å². The molecule has 4 heteroatoms. The summed E-state index contributed by atoms with van der Waals surface area (Å²) in [4.78, 5) is 18.1. The molecule has 0 saturated heterocycles. The van der Waals surface area contributed by atoms with E-state index < -0.39 is 0 Å². The van der Waals surface area contributed by atoms with E-state index in [-0.39, 0.29) is 6.54 Å². The van der Waals surface area contributed by atoms with E-state index in [2.05, 4.69) is 61.3 Å². The van der Waals surface area contributed by atoms with Gasteiger partial charge in [-0.3, -0.25) is 4.79 Å². The van der Waals surface area contributed by atoms with Crippen LogP contribution in [0, 0.1) is 16.2 Å². The maximum absolute atomic E-state index is 9.08. The molecule has 1 aliphatic rings. The van der Waals surface area contributed by atoms with Gasteiger partial charge in [-0.1, -0.05) is 60.8 Å². The van der Waals surface area contributed by atoms with Crippen molar-refractivity contribution in [3.8, 4) is 6.07 Å². The molecule has 128 valence electrons. The van der Waals surface area contributed by atoms with Gasteiger partial charge < -0.3 is 0 Å². The van der Waals surface area contributed by atoms with Crippen molar-refractivity contribution in [2.24, 2.45) is 5.18 Å². The first-order valence-electron chi connectivity index (χ1n) is 7.66. The largest absolute Gasteiger partial charge is 0.299 e. The van der Waals surface area contributed by atoms with Gasteiger partial charge in [0.2, 0.25) is 0 Å². The van der Waals surface area contributed by atoms with Gasteiger partial charge in [-0.2, -0.15) is 10.2 Å². The Morgan fingerprint density at radius 1 is 1.08 bits per heavy atom. The van der Waals surface area contributed by atoms with Gasteiger partial charge in [0.1, 0.15) is 6.29 Å². The highest BCUT2D eigenvalue weighted by Gasteiger charge is 2.11. The fourth-order valence-electron chi connectivity index (χ4n) is 2.24. The van der Waals surface area contributed by atoms with Crippen molar-refractivity contribution in [3.63, 3.8) is 0 Å². The third kappa shape index (κ3) is 8.19. The second-order valence-corrected chi connectivity index (χ2v) is 4.74. The Balaban J connectivity index is 0.000000375. The van der Waals surface area contributed by atoms with Crippen LogP contribution in [0.2, 0.25) is 0 Å². The smallest absolute Gasteiger partial charge is 0.142 e. The minimum Gasteiger partial charge on any atom is -0.299 e. The molecule has 0 bridgehead atoms. The molecule has 0 aliphatic heterocycles. The average molecular weight is 334 g/mol. The first-order chi connectivity index (χ1) is 12.2. The Hall–Kier alpha value is -3.32. The van der Waals surface area contributed by atoms with Crippen LogP contribution in [0.15, 0.2) is 79.5 Å². The quantitative estimate of drug-likeness (QED) is 0.262. The summed E-state index contributed by atoms with van der Waals surface area (Å²) in [5.74, 6) is 0. The number of hydrogen-bond donors (Lipinski definition) is 0. The molecule has 0 N–H and O–H groups in total. The van der Waals surface area contributed by atoms with E-state index in [9.17, 15) is 0 Å². The summed E-state index contributed by atoms with van der Waals surface area (Å²) in [6.45, 7) is 9.71. The highest BCUT2D eigenvalue weighted by atomic mass is 16.3. The maximum atomic E-state index is 9.08. The Morgan fingerprint density at radius 3 is 1.84 bits per heavy atom. The number of nitrogens with zero attached hydrogens (tertiary/aromatic N) is 2. The highest BCUT2D eigenvalue weighted by Crippen LogP contribution is 2.29. The first-order valence-corrected chi connectivity index (χ1v) is 7.66. The summed E-state index contributed by atoms with van der Waals surface area (Å²) in [7, 11) is 0. The molecule has 0 heterocycles. The molecular formula is C21H22N2O2. The fourth-order valence-corrected chi connectivity index (χ4v) is 2.24. The summed E-state index contributed by atoms with van der Waals surface area (Å²) in [6.07, 6.45) is 6.93. The number of hydrogen-bond acceptors (Lipinski definition) is 4. The Labute approximate surface area is 148 Å². The van der Waals surface area contributed by atoms with Crippen molar-refractivity contribution in [1.82, 2.24) is 0 Å². The molecule has 25 heavy (non-hydrogen) atoms. The molecule has 0 radical (unpaired) electrons. The molecule has 0 saturated carbocycles. The van der Waals surface area contributed by atoms with Crippen LogP contribution in [0.5, 0.6) is 0 Å². The summed E-state index contributed by atoms with van der Waals surface area (Å²) < 4.78 is 0. The van der Waals surface area contributed by atoms with E-state index in [1.807, 2.05) is 0 Å². The summed E-state index contributed by atoms with van der Waals surface area (Å²) in [5.41, 5.74) is 3.06. The highest BCUT2D eigenvalue weighted by molar-refractivity contribution is 5.90. The van der Waals surface area contributed by atoms with Crippen molar-refractivity contribution in [2.75, 3.05) is 6.54 Å². The molecule has 0 atom stereocenters. The van der Waals surface area contributed by atoms with Crippen molar-refractivity contribution < 1.29 is 4.79 Å². The van der Waals surface area contributed by atoms with Crippen molar-refractivity contribution >= 4 is 17.1 Å². The van der Waals surface area contributed by atoms with Gasteiger partial charge in [-0.15, -0.1) is 6.58 Å². The number of nitroso groups, excluding NO2 is 1. The minimum absolute atomic E-state index is 0.222. The third-order valence-corrected chi connectivity index (χ3v) is 3.13. The van der Waals surface area contributed by atoms with Gasteiger partial charge in [-0.05, 0) is 40.8 Å². The topological polar surface area (TPSA) is 70.3 Å². The van der Waals surface area contributed by atoms with E-state index in [0.29, 0.717) is 6.29 Å². The number of nitriles is 1. The molecule has 0 fully saturated rings. The molecule has 1 aliphatic carbocycles. The minimum atomic E-state index is 0.222. The average Bonchev–Trinajstić information content (AvgIpc) is 3.09. The van der Waals surface area contributed by atoms with E-state index >= 15 is 0 Å². The molecule has 0 aromatic heterocycles. The number of aldehydes is 1. The van der Waals surface area contributed by atoms with Crippen LogP contribution in [-0.4, -0.2) is 12.8 Å². The van der Waals surface area contributed by atoms with Crippen molar-refractivity contribution in [1.29, 1.82) is 5.26 Å². The van der Waals surface area contributed by atoms with E-state index in [4.69, 9.17) is 15.0 Å². The molecule has 0 amide bonds. The molecule has 0 spiro atoms. The number of carbonyl (C=O) groups is 1. The zero-order valence-corrected chi connectivity index (χ0v) is 14.2. The SMILES string of the molecule is C=CC#N.C=CC=O.C=CCN=O.c1cc2c3c(cccc3c1)CC2. The van der Waals surface area contributed by atoms with Gasteiger partial charge in [0.05, 0.1) is 12.6 Å². The van der Waals surface area contributed by atoms with Gasteiger partial charge in [-0.25, -0.2) is 0 Å². The van der Waals surface area contributed by atoms with Gasteiger partial charge in [0, 0.05) is 6.08 Å². The second-order valence-electron chi connectivity index (χ2n) is 4.74. The van der Waals surface area contributed by atoms with Crippen molar-refractivity contribution in [3.05, 3.63) is 90.4 Å². The normalized spacial score (nSPS) is 9.40. The monoisotopic (exact) mass is 334 g/mol. The van der Waals surface area contributed by atoms with E-state index in [1.54, 1.807) is 6.07 Å². The van der Waals surface area contributed by atoms with Gasteiger partial charge in [0.25, 0.3) is 0 Å². The lowest BCUT2D eigenvalue weighted by molar-refractivity contribution is -0.104. The van der Waals surface area contributed by atoms with Crippen molar-refractivity contribution in [2.45, 2.75) is 12.8 Å². The third-order valence-electron chi connectivity index (χ3n) is 3.13. The van der Waals surface area contributed by atoms with Crippen LogP contribution >= 0.6 is 0 Å². The summed E-state index contributed by atoms with van der Waals surface area (Å²) in [6, 6.07) is 14.9. The zero-order valence-electron chi connectivity index (χ0n) is 14.2. The number of benzene rings is 2. The fraction of sp³-hybridized carbons (Fsp3) is 0.143. The Bertz CT molecular complexity index is 707. The number of allylic oxidation sites excluding steroid dienone is 2. The van der Waals surface area contributed by atoms with Gasteiger partial charge >= 0.3 is 0 Å². The molecular weight excluding hydrogens is 312 g/mol.